The Hall–Kier alpha value is -1.51. The van der Waals surface area contributed by atoms with Crippen LogP contribution < -0.4 is 5.32 Å². The maximum absolute atomic E-state index is 12.6. The number of hydrogen-bond donors (Lipinski definition) is 1. The van der Waals surface area contributed by atoms with Gasteiger partial charge in [0.25, 0.3) is 0 Å². The van der Waals surface area contributed by atoms with Crippen LogP contribution in [0.2, 0.25) is 0 Å². The lowest BCUT2D eigenvalue weighted by molar-refractivity contribution is -0.384. The van der Waals surface area contributed by atoms with Crippen molar-refractivity contribution in [3.05, 3.63) is 28.1 Å². The van der Waals surface area contributed by atoms with E-state index >= 15 is 0 Å². The Morgan fingerprint density at radius 3 is 2.60 bits per heavy atom. The van der Waals surface area contributed by atoms with Gasteiger partial charge in [0.1, 0.15) is 17.6 Å². The lowest BCUT2D eigenvalue weighted by Gasteiger charge is -2.23. The van der Waals surface area contributed by atoms with Gasteiger partial charge in [-0.15, -0.1) is 0 Å². The van der Waals surface area contributed by atoms with Gasteiger partial charge in [-0.05, 0) is 30.4 Å². The van der Waals surface area contributed by atoms with Crippen molar-refractivity contribution in [2.24, 2.45) is 0 Å². The summed E-state index contributed by atoms with van der Waals surface area (Å²) in [4.78, 5) is 13.2. The Morgan fingerprint density at radius 1 is 1.40 bits per heavy atom. The summed E-state index contributed by atoms with van der Waals surface area (Å²) in [6.45, 7) is 0. The number of alkyl halides is 3. The molecule has 0 radical (unpaired) electrons. The number of halogens is 3. The first kappa shape index (κ1) is 14.9. The molecule has 0 aliphatic carbocycles. The van der Waals surface area contributed by atoms with E-state index in [-0.39, 0.29) is 11.7 Å². The fourth-order valence-corrected chi connectivity index (χ4v) is 3.03. The van der Waals surface area contributed by atoms with E-state index in [9.17, 15) is 23.3 Å². The minimum atomic E-state index is -4.62. The van der Waals surface area contributed by atoms with Crippen molar-refractivity contribution < 1.29 is 18.1 Å². The Kier molecular flexibility index (Phi) is 4.36. The number of pyridine rings is 1. The van der Waals surface area contributed by atoms with Crippen molar-refractivity contribution in [1.82, 2.24) is 4.98 Å². The molecule has 0 spiro atoms. The van der Waals surface area contributed by atoms with Crippen LogP contribution in [0, 0.1) is 10.1 Å². The zero-order valence-electron chi connectivity index (χ0n) is 10.3. The largest absolute Gasteiger partial charge is 0.433 e. The first-order valence-electron chi connectivity index (χ1n) is 5.94. The molecular formula is C11H12F3N3O2S. The number of thioether (sulfide) groups is 1. The third-order valence-electron chi connectivity index (χ3n) is 2.95. The molecule has 110 valence electrons. The molecule has 1 fully saturated rings. The van der Waals surface area contributed by atoms with E-state index in [0.717, 1.165) is 24.3 Å². The van der Waals surface area contributed by atoms with Gasteiger partial charge in [-0.25, -0.2) is 4.98 Å². The van der Waals surface area contributed by atoms with E-state index < -0.39 is 22.5 Å². The molecule has 5 nitrogen and oxygen atoms in total. The quantitative estimate of drug-likeness (QED) is 0.685. The third-order valence-corrected chi connectivity index (χ3v) is 4.00. The SMILES string of the molecule is O=[N+]([O-])c1cnc(C(F)(F)F)cc1NC1CCSCC1. The first-order chi connectivity index (χ1) is 9.38. The standard InChI is InChI=1S/C11H12F3N3O2S/c12-11(13,14)10-5-8(9(6-15-10)17(18)19)16-7-1-3-20-4-2-7/h5-7H,1-4H2,(H,15,16). The smallest absolute Gasteiger partial charge is 0.377 e. The topological polar surface area (TPSA) is 68.1 Å². The number of aromatic nitrogens is 1. The van der Waals surface area contributed by atoms with E-state index in [0.29, 0.717) is 12.3 Å². The molecule has 2 heterocycles. The van der Waals surface area contributed by atoms with Crippen molar-refractivity contribution in [2.75, 3.05) is 16.8 Å². The average molecular weight is 307 g/mol. The summed E-state index contributed by atoms with van der Waals surface area (Å²) in [6.07, 6.45) is -2.42. The fraction of sp³-hybridized carbons (Fsp3) is 0.545. The molecular weight excluding hydrogens is 295 g/mol. The molecule has 1 aromatic heterocycles. The van der Waals surface area contributed by atoms with E-state index in [4.69, 9.17) is 0 Å². The molecule has 0 saturated carbocycles. The molecule has 0 unspecified atom stereocenters. The maximum atomic E-state index is 12.6. The summed E-state index contributed by atoms with van der Waals surface area (Å²) in [5, 5.41) is 13.7. The summed E-state index contributed by atoms with van der Waals surface area (Å²) < 4.78 is 37.8. The second kappa shape index (κ2) is 5.86. The Bertz CT molecular complexity index is 504. The predicted molar refractivity (Wildman–Crippen MR) is 69.9 cm³/mol. The van der Waals surface area contributed by atoms with Crippen molar-refractivity contribution in [2.45, 2.75) is 25.1 Å². The van der Waals surface area contributed by atoms with Gasteiger partial charge in [-0.1, -0.05) is 0 Å². The normalized spacial score (nSPS) is 16.9. The van der Waals surface area contributed by atoms with E-state index in [1.54, 1.807) is 11.8 Å². The second-order valence-corrected chi connectivity index (χ2v) is 5.60. The van der Waals surface area contributed by atoms with Gasteiger partial charge in [0.2, 0.25) is 0 Å². The van der Waals surface area contributed by atoms with E-state index in [1.165, 1.54) is 0 Å². The molecule has 1 N–H and O–H groups in total. The van der Waals surface area contributed by atoms with Crippen molar-refractivity contribution in [1.29, 1.82) is 0 Å². The van der Waals surface area contributed by atoms with Gasteiger partial charge in [-0.2, -0.15) is 24.9 Å². The van der Waals surface area contributed by atoms with Crippen LogP contribution in [-0.2, 0) is 6.18 Å². The monoisotopic (exact) mass is 307 g/mol. The highest BCUT2D eigenvalue weighted by molar-refractivity contribution is 7.99. The van der Waals surface area contributed by atoms with Gasteiger partial charge in [-0.3, -0.25) is 10.1 Å². The van der Waals surface area contributed by atoms with Crippen molar-refractivity contribution in [3.63, 3.8) is 0 Å². The predicted octanol–water partition coefficient (Wildman–Crippen LogP) is 3.32. The maximum Gasteiger partial charge on any atom is 0.433 e. The molecule has 20 heavy (non-hydrogen) atoms. The zero-order valence-corrected chi connectivity index (χ0v) is 11.1. The van der Waals surface area contributed by atoms with Crippen LogP contribution in [0.25, 0.3) is 0 Å². The number of rotatable bonds is 3. The minimum absolute atomic E-state index is 0.0431. The molecule has 1 saturated heterocycles. The van der Waals surface area contributed by atoms with Gasteiger partial charge in [0, 0.05) is 6.04 Å². The highest BCUT2D eigenvalue weighted by Gasteiger charge is 2.34. The number of nitrogens with zero attached hydrogens (tertiary/aromatic N) is 2. The van der Waals surface area contributed by atoms with Crippen LogP contribution in [0.5, 0.6) is 0 Å². The Balaban J connectivity index is 2.29. The fourth-order valence-electron chi connectivity index (χ4n) is 1.93. The molecule has 0 atom stereocenters. The summed E-state index contributed by atoms with van der Waals surface area (Å²) >= 11 is 1.76. The highest BCUT2D eigenvalue weighted by Crippen LogP contribution is 2.34. The first-order valence-corrected chi connectivity index (χ1v) is 7.09. The second-order valence-electron chi connectivity index (χ2n) is 4.37. The number of hydrogen-bond acceptors (Lipinski definition) is 5. The van der Waals surface area contributed by atoms with Gasteiger partial charge in [0.15, 0.2) is 0 Å². The van der Waals surface area contributed by atoms with Crippen LogP contribution in [-0.4, -0.2) is 27.5 Å². The van der Waals surface area contributed by atoms with Crippen LogP contribution >= 0.6 is 11.8 Å². The number of nitro groups is 1. The Labute approximate surface area is 117 Å². The summed E-state index contributed by atoms with van der Waals surface area (Å²) in [6, 6.07) is 0.665. The van der Waals surface area contributed by atoms with Crippen LogP contribution in [0.3, 0.4) is 0 Å². The highest BCUT2D eigenvalue weighted by atomic mass is 32.2. The molecule has 1 aliphatic rings. The van der Waals surface area contributed by atoms with Crippen LogP contribution in [0.1, 0.15) is 18.5 Å². The summed E-state index contributed by atoms with van der Waals surface area (Å²) in [7, 11) is 0. The van der Waals surface area contributed by atoms with Crippen LogP contribution in [0.4, 0.5) is 24.5 Å². The van der Waals surface area contributed by atoms with Gasteiger partial charge < -0.3 is 5.32 Å². The molecule has 9 heteroatoms. The van der Waals surface area contributed by atoms with Crippen molar-refractivity contribution in [3.8, 4) is 0 Å². The lowest BCUT2D eigenvalue weighted by atomic mass is 10.1. The molecule has 0 aromatic carbocycles. The molecule has 2 rings (SSSR count). The van der Waals surface area contributed by atoms with Gasteiger partial charge >= 0.3 is 11.9 Å². The summed E-state index contributed by atoms with van der Waals surface area (Å²) in [5.41, 5.74) is -1.68. The zero-order chi connectivity index (χ0) is 14.8. The number of nitrogens with one attached hydrogen (secondary N) is 1. The van der Waals surface area contributed by atoms with E-state index in [1.807, 2.05) is 0 Å². The molecule has 0 bridgehead atoms. The third kappa shape index (κ3) is 3.53. The van der Waals surface area contributed by atoms with Crippen molar-refractivity contribution >= 4 is 23.1 Å². The van der Waals surface area contributed by atoms with Gasteiger partial charge in [0.05, 0.1) is 4.92 Å². The Morgan fingerprint density at radius 2 is 2.05 bits per heavy atom. The lowest BCUT2D eigenvalue weighted by Crippen LogP contribution is -2.25. The molecule has 1 aromatic rings. The average Bonchev–Trinajstić information content (AvgIpc) is 2.38. The molecule has 0 amide bonds. The molecule has 1 aliphatic heterocycles. The minimum Gasteiger partial charge on any atom is -0.377 e. The van der Waals surface area contributed by atoms with E-state index in [2.05, 4.69) is 10.3 Å². The summed E-state index contributed by atoms with van der Waals surface area (Å²) in [5.74, 6) is 1.78. The number of anilines is 1. The van der Waals surface area contributed by atoms with Crippen LogP contribution in [0.15, 0.2) is 12.3 Å².